The molecule has 0 aromatic carbocycles. The molecule has 1 rings (SSSR count). The highest BCUT2D eigenvalue weighted by molar-refractivity contribution is 7.80. The number of nitrogens with zero attached hydrogens (tertiary/aromatic N) is 1. The van der Waals surface area contributed by atoms with Crippen LogP contribution in [-0.2, 0) is 30.4 Å². The van der Waals surface area contributed by atoms with Crippen molar-refractivity contribution in [3.63, 3.8) is 0 Å². The van der Waals surface area contributed by atoms with Crippen molar-refractivity contribution in [2.75, 3.05) is 18.8 Å². The molecule has 0 aliphatic carbocycles. The van der Waals surface area contributed by atoms with Crippen LogP contribution in [-0.4, -0.2) is 75.6 Å². The highest BCUT2D eigenvalue weighted by Crippen LogP contribution is 1.98. The fraction of sp³-hybridized carbons (Fsp3) is 0.467. The van der Waals surface area contributed by atoms with Crippen LogP contribution in [0.2, 0.25) is 0 Å². The SMILES string of the molecule is CC(=O)N[C@@H](CS)C(=O)NCC(=O)NCC(=O)N[C@@H](Cc1cnc[nH]1)C(=O)O. The van der Waals surface area contributed by atoms with Crippen LogP contribution in [0.4, 0.5) is 0 Å². The number of imidazole rings is 1. The van der Waals surface area contributed by atoms with Gasteiger partial charge in [0.15, 0.2) is 0 Å². The normalized spacial score (nSPS) is 12.4. The Morgan fingerprint density at radius 1 is 1.11 bits per heavy atom. The first kappa shape index (κ1) is 23.0. The van der Waals surface area contributed by atoms with Crippen LogP contribution in [0.15, 0.2) is 12.5 Å². The second-order valence-electron chi connectivity index (χ2n) is 5.67. The number of thiol groups is 1. The van der Waals surface area contributed by atoms with E-state index in [0.717, 1.165) is 0 Å². The van der Waals surface area contributed by atoms with Crippen LogP contribution in [0.5, 0.6) is 0 Å². The van der Waals surface area contributed by atoms with Crippen molar-refractivity contribution < 1.29 is 29.1 Å². The third-order valence-corrected chi connectivity index (χ3v) is 3.72. The average Bonchev–Trinajstić information content (AvgIpc) is 3.14. The molecule has 1 aromatic rings. The van der Waals surface area contributed by atoms with Gasteiger partial charge in [-0.1, -0.05) is 0 Å². The lowest BCUT2D eigenvalue weighted by molar-refractivity contribution is -0.141. The molecule has 0 bridgehead atoms. The molecule has 4 amide bonds. The van der Waals surface area contributed by atoms with Crippen LogP contribution >= 0.6 is 12.6 Å². The Kier molecular flexibility index (Phi) is 9.50. The third kappa shape index (κ3) is 8.53. The molecule has 0 aliphatic heterocycles. The molecule has 0 spiro atoms. The zero-order valence-electron chi connectivity index (χ0n) is 15.0. The molecule has 0 aliphatic rings. The largest absolute Gasteiger partial charge is 0.480 e. The molecule has 0 saturated carbocycles. The Labute approximate surface area is 165 Å². The number of rotatable bonds is 11. The number of aliphatic carboxylic acids is 1. The lowest BCUT2D eigenvalue weighted by atomic mass is 10.1. The van der Waals surface area contributed by atoms with Gasteiger partial charge in [-0.15, -0.1) is 0 Å². The molecule has 2 atom stereocenters. The maximum atomic E-state index is 11.8. The Bertz CT molecular complexity index is 710. The Balaban J connectivity index is 2.38. The lowest BCUT2D eigenvalue weighted by Crippen LogP contribution is -2.51. The number of nitrogens with one attached hydrogen (secondary N) is 5. The van der Waals surface area contributed by atoms with Crippen LogP contribution in [0, 0.1) is 0 Å². The molecule has 6 N–H and O–H groups in total. The first-order valence-corrected chi connectivity index (χ1v) is 8.78. The van der Waals surface area contributed by atoms with Gasteiger partial charge in [0, 0.05) is 31.0 Å². The summed E-state index contributed by atoms with van der Waals surface area (Å²) in [7, 11) is 0. The van der Waals surface area contributed by atoms with Crippen LogP contribution in [0.1, 0.15) is 12.6 Å². The van der Waals surface area contributed by atoms with E-state index in [1.807, 2.05) is 0 Å². The van der Waals surface area contributed by atoms with Crippen LogP contribution < -0.4 is 21.3 Å². The molecule has 1 aromatic heterocycles. The third-order valence-electron chi connectivity index (χ3n) is 3.36. The summed E-state index contributed by atoms with van der Waals surface area (Å²) in [6.45, 7) is 0.349. The first-order valence-electron chi connectivity index (χ1n) is 8.14. The lowest BCUT2D eigenvalue weighted by Gasteiger charge is -2.16. The van der Waals surface area contributed by atoms with E-state index in [0.29, 0.717) is 5.69 Å². The summed E-state index contributed by atoms with van der Waals surface area (Å²) in [5.74, 6) is -3.59. The molecule has 1 heterocycles. The number of carboxylic acids is 1. The highest BCUT2D eigenvalue weighted by Gasteiger charge is 2.22. The van der Waals surface area contributed by atoms with Gasteiger partial charge in [-0.2, -0.15) is 12.6 Å². The Hall–Kier alpha value is -3.09. The maximum Gasteiger partial charge on any atom is 0.326 e. The molecular weight excluding hydrogens is 392 g/mol. The van der Waals surface area contributed by atoms with Crippen molar-refractivity contribution >= 4 is 42.2 Å². The smallest absolute Gasteiger partial charge is 0.326 e. The van der Waals surface area contributed by atoms with Gasteiger partial charge < -0.3 is 31.4 Å². The van der Waals surface area contributed by atoms with Crippen molar-refractivity contribution in [3.05, 3.63) is 18.2 Å². The quantitative estimate of drug-likeness (QED) is 0.191. The van der Waals surface area contributed by atoms with E-state index in [4.69, 9.17) is 5.11 Å². The number of amides is 4. The van der Waals surface area contributed by atoms with Crippen molar-refractivity contribution in [2.45, 2.75) is 25.4 Å². The zero-order valence-corrected chi connectivity index (χ0v) is 15.9. The minimum absolute atomic E-state index is 0.000653. The van der Waals surface area contributed by atoms with Crippen molar-refractivity contribution in [3.8, 4) is 0 Å². The van der Waals surface area contributed by atoms with Gasteiger partial charge in [0.2, 0.25) is 23.6 Å². The minimum Gasteiger partial charge on any atom is -0.480 e. The van der Waals surface area contributed by atoms with E-state index in [2.05, 4.69) is 43.9 Å². The molecule has 0 saturated heterocycles. The molecule has 12 nitrogen and oxygen atoms in total. The standard InChI is InChI=1S/C15H22N6O6S/c1-8(22)20-11(6-28)14(25)18-4-12(23)17-5-13(24)21-10(15(26)27)2-9-3-16-7-19-9/h3,7,10-11,28H,2,4-6H2,1H3,(H,16,19)(H,17,23)(H,18,25)(H,20,22)(H,21,24)(H,26,27)/t10-,11-/m0/s1. The molecule has 13 heteroatoms. The fourth-order valence-corrected chi connectivity index (χ4v) is 2.29. The second kappa shape index (κ2) is 11.6. The molecule has 0 fully saturated rings. The Morgan fingerprint density at radius 2 is 1.79 bits per heavy atom. The molecular formula is C15H22N6O6S. The average molecular weight is 414 g/mol. The molecule has 0 radical (unpaired) electrons. The molecule has 0 unspecified atom stereocenters. The fourth-order valence-electron chi connectivity index (χ4n) is 2.03. The summed E-state index contributed by atoms with van der Waals surface area (Å²) in [5.41, 5.74) is 0.525. The van der Waals surface area contributed by atoms with Gasteiger partial charge in [-0.05, 0) is 0 Å². The monoisotopic (exact) mass is 414 g/mol. The predicted molar refractivity (Wildman–Crippen MR) is 99.3 cm³/mol. The highest BCUT2D eigenvalue weighted by atomic mass is 32.1. The van der Waals surface area contributed by atoms with Gasteiger partial charge in [-0.3, -0.25) is 19.2 Å². The number of hydrogen-bond donors (Lipinski definition) is 7. The van der Waals surface area contributed by atoms with Crippen molar-refractivity contribution in [1.29, 1.82) is 0 Å². The number of carbonyl (C=O) groups excluding carboxylic acids is 4. The number of hydrogen-bond acceptors (Lipinski definition) is 7. The first-order chi connectivity index (χ1) is 13.2. The molecule has 28 heavy (non-hydrogen) atoms. The topological polar surface area (TPSA) is 182 Å². The van der Waals surface area contributed by atoms with Crippen LogP contribution in [0.3, 0.4) is 0 Å². The van der Waals surface area contributed by atoms with E-state index >= 15 is 0 Å². The van der Waals surface area contributed by atoms with Gasteiger partial charge in [0.25, 0.3) is 0 Å². The summed E-state index contributed by atoms with van der Waals surface area (Å²) in [6.07, 6.45) is 2.82. The van der Waals surface area contributed by atoms with E-state index in [1.165, 1.54) is 19.4 Å². The van der Waals surface area contributed by atoms with E-state index in [9.17, 15) is 24.0 Å². The number of aromatic amines is 1. The van der Waals surface area contributed by atoms with Gasteiger partial charge in [0.05, 0.1) is 19.4 Å². The molecule has 154 valence electrons. The van der Waals surface area contributed by atoms with Crippen molar-refractivity contribution in [1.82, 2.24) is 31.2 Å². The van der Waals surface area contributed by atoms with E-state index in [-0.39, 0.29) is 12.2 Å². The number of H-pyrrole nitrogens is 1. The van der Waals surface area contributed by atoms with E-state index < -0.39 is 54.8 Å². The van der Waals surface area contributed by atoms with Gasteiger partial charge in [0.1, 0.15) is 12.1 Å². The van der Waals surface area contributed by atoms with E-state index in [1.54, 1.807) is 0 Å². The summed E-state index contributed by atoms with van der Waals surface area (Å²) < 4.78 is 0. The second-order valence-corrected chi connectivity index (χ2v) is 6.03. The Morgan fingerprint density at radius 3 is 2.32 bits per heavy atom. The number of aromatic nitrogens is 2. The van der Waals surface area contributed by atoms with Gasteiger partial charge in [-0.25, -0.2) is 9.78 Å². The van der Waals surface area contributed by atoms with Gasteiger partial charge >= 0.3 is 5.97 Å². The summed E-state index contributed by atoms with van der Waals surface area (Å²) in [4.78, 5) is 64.1. The zero-order chi connectivity index (χ0) is 21.1. The summed E-state index contributed by atoms with van der Waals surface area (Å²) >= 11 is 3.94. The number of carbonyl (C=O) groups is 5. The minimum atomic E-state index is -1.24. The maximum absolute atomic E-state index is 11.8. The van der Waals surface area contributed by atoms with Crippen molar-refractivity contribution in [2.24, 2.45) is 0 Å². The predicted octanol–water partition coefficient (Wildman–Crippen LogP) is -2.81. The summed E-state index contributed by atoms with van der Waals surface area (Å²) in [5, 5.41) is 18.4. The van der Waals surface area contributed by atoms with Crippen LogP contribution in [0.25, 0.3) is 0 Å². The summed E-state index contributed by atoms with van der Waals surface area (Å²) in [6, 6.07) is -2.09. The number of carboxylic acid groups (broad SMARTS) is 1.